The van der Waals surface area contributed by atoms with Crippen LogP contribution in [-0.4, -0.2) is 74.3 Å². The lowest BCUT2D eigenvalue weighted by Gasteiger charge is -2.35. The van der Waals surface area contributed by atoms with Crippen LogP contribution in [-0.2, 0) is 14.8 Å². The van der Waals surface area contributed by atoms with Gasteiger partial charge in [-0.1, -0.05) is 18.6 Å². The Morgan fingerprint density at radius 3 is 2.21 bits per heavy atom. The second kappa shape index (κ2) is 10.4. The summed E-state index contributed by atoms with van der Waals surface area (Å²) in [6.45, 7) is 2.76. The van der Waals surface area contributed by atoms with Crippen LogP contribution in [0.3, 0.4) is 0 Å². The standard InChI is InChI=1S/C23H28N4O6S/c28-23(25-16-14-24(15-17-25)21-6-2-3-7-22(21)27(29)30)18-33-19-8-10-20(11-9-19)34(31,32)26-12-4-1-5-13-26/h2-3,6-11H,1,4-5,12-18H2. The Morgan fingerprint density at radius 1 is 0.912 bits per heavy atom. The van der Waals surface area contributed by atoms with Gasteiger partial charge >= 0.3 is 0 Å². The lowest BCUT2D eigenvalue weighted by molar-refractivity contribution is -0.384. The molecule has 0 saturated carbocycles. The Labute approximate surface area is 198 Å². The Balaban J connectivity index is 1.29. The van der Waals surface area contributed by atoms with Crippen LogP contribution in [0.4, 0.5) is 11.4 Å². The van der Waals surface area contributed by atoms with E-state index in [0.717, 1.165) is 19.3 Å². The van der Waals surface area contributed by atoms with Gasteiger partial charge < -0.3 is 14.5 Å². The van der Waals surface area contributed by atoms with Gasteiger partial charge in [0, 0.05) is 45.3 Å². The van der Waals surface area contributed by atoms with Gasteiger partial charge in [0.2, 0.25) is 10.0 Å². The van der Waals surface area contributed by atoms with Gasteiger partial charge in [-0.05, 0) is 43.2 Å². The number of nitrogens with zero attached hydrogens (tertiary/aromatic N) is 4. The molecule has 1 amide bonds. The van der Waals surface area contributed by atoms with Crippen molar-refractivity contribution in [1.82, 2.24) is 9.21 Å². The molecular formula is C23H28N4O6S. The first-order valence-corrected chi connectivity index (χ1v) is 12.8. The van der Waals surface area contributed by atoms with Gasteiger partial charge in [0.25, 0.3) is 11.6 Å². The van der Waals surface area contributed by atoms with Crippen molar-refractivity contribution < 1.29 is 22.9 Å². The zero-order valence-electron chi connectivity index (χ0n) is 18.8. The number of carbonyl (C=O) groups excluding carboxylic acids is 1. The van der Waals surface area contributed by atoms with Gasteiger partial charge in [0.05, 0.1) is 9.82 Å². The number of rotatable bonds is 7. The van der Waals surface area contributed by atoms with Gasteiger partial charge in [-0.25, -0.2) is 8.42 Å². The molecule has 0 atom stereocenters. The molecule has 2 aromatic rings. The topological polar surface area (TPSA) is 113 Å². The molecule has 10 nitrogen and oxygen atoms in total. The number of piperidine rings is 1. The number of piperazine rings is 1. The summed E-state index contributed by atoms with van der Waals surface area (Å²) in [6, 6.07) is 12.7. The van der Waals surface area contributed by atoms with Crippen LogP contribution in [0.15, 0.2) is 53.4 Å². The summed E-state index contributed by atoms with van der Waals surface area (Å²) >= 11 is 0. The fraction of sp³-hybridized carbons (Fsp3) is 0.435. The fourth-order valence-corrected chi connectivity index (χ4v) is 5.80. The van der Waals surface area contributed by atoms with Gasteiger partial charge in [0.1, 0.15) is 11.4 Å². The number of carbonyl (C=O) groups is 1. The summed E-state index contributed by atoms with van der Waals surface area (Å²) in [6.07, 6.45) is 2.80. The number of ether oxygens (including phenoxy) is 1. The highest BCUT2D eigenvalue weighted by Gasteiger charge is 2.27. The Bertz CT molecular complexity index is 1120. The predicted molar refractivity (Wildman–Crippen MR) is 126 cm³/mol. The highest BCUT2D eigenvalue weighted by Crippen LogP contribution is 2.28. The molecule has 34 heavy (non-hydrogen) atoms. The molecular weight excluding hydrogens is 460 g/mol. The summed E-state index contributed by atoms with van der Waals surface area (Å²) in [5.74, 6) is 0.233. The average molecular weight is 489 g/mol. The molecule has 4 rings (SSSR count). The zero-order valence-corrected chi connectivity index (χ0v) is 19.7. The molecule has 0 bridgehead atoms. The molecule has 2 aliphatic rings. The van der Waals surface area contributed by atoms with Crippen molar-refractivity contribution >= 4 is 27.3 Å². The molecule has 2 aromatic carbocycles. The Hall–Kier alpha value is -3.18. The molecule has 2 fully saturated rings. The summed E-state index contributed by atoms with van der Waals surface area (Å²) in [7, 11) is -3.51. The second-order valence-corrected chi connectivity index (χ2v) is 10.3. The molecule has 0 N–H and O–H groups in total. The number of hydrogen-bond donors (Lipinski definition) is 0. The quantitative estimate of drug-likeness (QED) is 0.435. The Morgan fingerprint density at radius 2 is 1.56 bits per heavy atom. The number of sulfonamides is 1. The normalized spacial score (nSPS) is 17.4. The van der Waals surface area contributed by atoms with Crippen molar-refractivity contribution in [2.75, 3.05) is 50.8 Å². The van der Waals surface area contributed by atoms with Gasteiger partial charge in [0.15, 0.2) is 6.61 Å². The third-order valence-corrected chi connectivity index (χ3v) is 8.10. The van der Waals surface area contributed by atoms with E-state index >= 15 is 0 Å². The zero-order chi connectivity index (χ0) is 24.1. The van der Waals surface area contributed by atoms with E-state index in [1.54, 1.807) is 35.2 Å². The number of benzene rings is 2. The van der Waals surface area contributed by atoms with Crippen LogP contribution in [0.25, 0.3) is 0 Å². The summed E-state index contributed by atoms with van der Waals surface area (Å²) < 4.78 is 32.6. The first kappa shape index (κ1) is 24.0. The van der Waals surface area contributed by atoms with E-state index < -0.39 is 14.9 Å². The minimum atomic E-state index is -3.51. The number of hydrogen-bond acceptors (Lipinski definition) is 7. The minimum Gasteiger partial charge on any atom is -0.484 e. The van der Waals surface area contributed by atoms with E-state index in [-0.39, 0.29) is 23.1 Å². The summed E-state index contributed by atoms with van der Waals surface area (Å²) in [4.78, 5) is 27.3. The predicted octanol–water partition coefficient (Wildman–Crippen LogP) is 2.50. The molecule has 0 spiro atoms. The third kappa shape index (κ3) is 5.31. The van der Waals surface area contributed by atoms with Crippen molar-refractivity contribution in [2.24, 2.45) is 0 Å². The maximum Gasteiger partial charge on any atom is 0.292 e. The van der Waals surface area contributed by atoms with Gasteiger partial charge in [-0.15, -0.1) is 0 Å². The molecule has 2 saturated heterocycles. The molecule has 0 aromatic heterocycles. The first-order valence-electron chi connectivity index (χ1n) is 11.4. The second-order valence-electron chi connectivity index (χ2n) is 8.34. The average Bonchev–Trinajstić information content (AvgIpc) is 2.88. The molecule has 0 aliphatic carbocycles. The first-order chi connectivity index (χ1) is 16.4. The number of nitro groups is 1. The van der Waals surface area contributed by atoms with Crippen molar-refractivity contribution in [2.45, 2.75) is 24.2 Å². The van der Waals surface area contributed by atoms with Crippen LogP contribution < -0.4 is 9.64 Å². The number of amides is 1. The van der Waals surface area contributed by atoms with Crippen LogP contribution >= 0.6 is 0 Å². The monoisotopic (exact) mass is 488 g/mol. The smallest absolute Gasteiger partial charge is 0.292 e. The Kier molecular flexibility index (Phi) is 7.32. The fourth-order valence-electron chi connectivity index (χ4n) is 4.28. The van der Waals surface area contributed by atoms with Crippen molar-refractivity contribution in [3.8, 4) is 5.75 Å². The van der Waals surface area contributed by atoms with E-state index in [1.807, 2.05) is 4.90 Å². The lowest BCUT2D eigenvalue weighted by atomic mass is 10.2. The van der Waals surface area contributed by atoms with Crippen molar-refractivity contribution in [3.05, 3.63) is 58.6 Å². The van der Waals surface area contributed by atoms with Gasteiger partial charge in [-0.2, -0.15) is 4.31 Å². The van der Waals surface area contributed by atoms with E-state index in [4.69, 9.17) is 4.74 Å². The van der Waals surface area contributed by atoms with Gasteiger partial charge in [-0.3, -0.25) is 14.9 Å². The van der Waals surface area contributed by atoms with Crippen LogP contribution in [0.1, 0.15) is 19.3 Å². The number of anilines is 1. The molecule has 2 heterocycles. The largest absolute Gasteiger partial charge is 0.484 e. The molecule has 11 heteroatoms. The van der Waals surface area contributed by atoms with Crippen molar-refractivity contribution in [1.29, 1.82) is 0 Å². The van der Waals surface area contributed by atoms with E-state index in [9.17, 15) is 23.3 Å². The van der Waals surface area contributed by atoms with Crippen LogP contribution in [0.2, 0.25) is 0 Å². The summed E-state index contributed by atoms with van der Waals surface area (Å²) in [5, 5.41) is 11.3. The van der Waals surface area contributed by atoms with Crippen LogP contribution in [0, 0.1) is 10.1 Å². The van der Waals surface area contributed by atoms with E-state index in [1.165, 1.54) is 22.5 Å². The number of nitro benzene ring substituents is 1. The molecule has 0 unspecified atom stereocenters. The maximum absolute atomic E-state index is 12.7. The molecule has 182 valence electrons. The lowest BCUT2D eigenvalue weighted by Crippen LogP contribution is -2.50. The summed E-state index contributed by atoms with van der Waals surface area (Å²) in [5.41, 5.74) is 0.604. The number of para-hydroxylation sites is 2. The molecule has 0 radical (unpaired) electrons. The van der Waals surface area contributed by atoms with Crippen molar-refractivity contribution in [3.63, 3.8) is 0 Å². The highest BCUT2D eigenvalue weighted by atomic mass is 32.2. The minimum absolute atomic E-state index is 0.0522. The third-order valence-electron chi connectivity index (χ3n) is 6.19. The maximum atomic E-state index is 12.7. The highest BCUT2D eigenvalue weighted by molar-refractivity contribution is 7.89. The molecule has 2 aliphatic heterocycles. The SMILES string of the molecule is O=C(COc1ccc(S(=O)(=O)N2CCCCC2)cc1)N1CCN(c2ccccc2[N+](=O)[O-])CC1. The van der Waals surface area contributed by atoms with Crippen LogP contribution in [0.5, 0.6) is 5.75 Å². The van der Waals surface area contributed by atoms with E-state index in [0.29, 0.717) is 50.7 Å². The van der Waals surface area contributed by atoms with E-state index in [2.05, 4.69) is 0 Å².